The van der Waals surface area contributed by atoms with E-state index in [-0.39, 0.29) is 18.6 Å². The molecule has 0 amide bonds. The number of Topliss-reactive ketones (excluding diaryl/α,β-unsaturated/α-hetero) is 1. The fraction of sp³-hybridized carbons (Fsp3) is 0.567. The summed E-state index contributed by atoms with van der Waals surface area (Å²) in [7, 11) is 0. The minimum absolute atomic E-state index is 0.0624. The van der Waals surface area contributed by atoms with Gasteiger partial charge in [0.25, 0.3) is 0 Å². The zero-order chi connectivity index (χ0) is 26.5. The second kappa shape index (κ2) is 15.3. The summed E-state index contributed by atoms with van der Waals surface area (Å²) in [6, 6.07) is 7.71. The number of benzene rings is 1. The monoisotopic (exact) mass is 497 g/mol. The molecule has 0 aliphatic rings. The lowest BCUT2D eigenvalue weighted by Crippen LogP contribution is -2.11. The molecule has 0 fully saturated rings. The number of rotatable bonds is 18. The van der Waals surface area contributed by atoms with Gasteiger partial charge in [-0.1, -0.05) is 82.6 Å². The Morgan fingerprint density at radius 3 is 2.03 bits per heavy atom. The number of carboxylic acids is 2. The topological polar surface area (TPSA) is 96.6 Å². The SMILES string of the molecule is CCCCCCCCCCCC(=O)c1c(C)c(CC(=O)O)n(Cc2cccc(CCC(=O)O)c2)c1C. The molecule has 198 valence electrons. The third-order valence-corrected chi connectivity index (χ3v) is 6.96. The number of aromatic nitrogens is 1. The predicted molar refractivity (Wildman–Crippen MR) is 143 cm³/mol. The molecule has 1 heterocycles. The van der Waals surface area contributed by atoms with Crippen molar-refractivity contribution >= 4 is 17.7 Å². The van der Waals surface area contributed by atoms with Crippen molar-refractivity contribution in [2.45, 2.75) is 111 Å². The Labute approximate surface area is 215 Å². The molecule has 0 radical (unpaired) electrons. The third-order valence-electron chi connectivity index (χ3n) is 6.96. The highest BCUT2D eigenvalue weighted by Gasteiger charge is 2.23. The van der Waals surface area contributed by atoms with E-state index in [1.165, 1.54) is 38.5 Å². The zero-order valence-electron chi connectivity index (χ0n) is 22.3. The summed E-state index contributed by atoms with van der Waals surface area (Å²) in [5.41, 5.74) is 4.77. The maximum Gasteiger partial charge on any atom is 0.309 e. The largest absolute Gasteiger partial charge is 0.481 e. The van der Waals surface area contributed by atoms with Crippen LogP contribution in [0.3, 0.4) is 0 Å². The van der Waals surface area contributed by atoms with Crippen LogP contribution in [0.25, 0.3) is 0 Å². The van der Waals surface area contributed by atoms with E-state index >= 15 is 0 Å². The Hall–Kier alpha value is -2.89. The molecule has 1 aromatic carbocycles. The molecule has 0 unspecified atom stereocenters. The molecule has 0 saturated carbocycles. The van der Waals surface area contributed by atoms with E-state index < -0.39 is 11.9 Å². The van der Waals surface area contributed by atoms with Crippen molar-refractivity contribution in [1.29, 1.82) is 0 Å². The first-order valence-electron chi connectivity index (χ1n) is 13.5. The van der Waals surface area contributed by atoms with E-state index in [1.54, 1.807) is 0 Å². The second-order valence-corrected chi connectivity index (χ2v) is 9.90. The van der Waals surface area contributed by atoms with E-state index in [4.69, 9.17) is 5.11 Å². The predicted octanol–water partition coefficient (Wildman–Crippen LogP) is 6.90. The number of hydrogen-bond donors (Lipinski definition) is 2. The Morgan fingerprint density at radius 2 is 1.42 bits per heavy atom. The van der Waals surface area contributed by atoms with E-state index in [0.29, 0.717) is 30.6 Å². The van der Waals surface area contributed by atoms with E-state index in [1.807, 2.05) is 42.7 Å². The summed E-state index contributed by atoms with van der Waals surface area (Å²) >= 11 is 0. The summed E-state index contributed by atoms with van der Waals surface area (Å²) in [5, 5.41) is 18.5. The molecule has 2 rings (SSSR count). The van der Waals surface area contributed by atoms with Crippen molar-refractivity contribution in [1.82, 2.24) is 4.57 Å². The van der Waals surface area contributed by atoms with Crippen LogP contribution in [0, 0.1) is 13.8 Å². The van der Waals surface area contributed by atoms with Crippen molar-refractivity contribution < 1.29 is 24.6 Å². The molecule has 0 saturated heterocycles. The Bertz CT molecular complexity index is 1020. The summed E-state index contributed by atoms with van der Waals surface area (Å²) in [6.45, 7) is 6.42. The number of aliphatic carboxylic acids is 2. The lowest BCUT2D eigenvalue weighted by molar-refractivity contribution is -0.137. The van der Waals surface area contributed by atoms with Gasteiger partial charge >= 0.3 is 11.9 Å². The number of carbonyl (C=O) groups is 3. The number of hydrogen-bond acceptors (Lipinski definition) is 3. The van der Waals surface area contributed by atoms with Gasteiger partial charge in [0.15, 0.2) is 5.78 Å². The first-order chi connectivity index (χ1) is 17.2. The number of carboxylic acid groups (broad SMARTS) is 2. The molecular formula is C30H43NO5. The van der Waals surface area contributed by atoms with Crippen LogP contribution in [0.2, 0.25) is 0 Å². The quantitative estimate of drug-likeness (QED) is 0.172. The molecule has 0 spiro atoms. The first-order valence-corrected chi connectivity index (χ1v) is 13.5. The van der Waals surface area contributed by atoms with Gasteiger partial charge in [0.05, 0.1) is 6.42 Å². The van der Waals surface area contributed by atoms with Crippen molar-refractivity contribution in [2.75, 3.05) is 0 Å². The van der Waals surface area contributed by atoms with Crippen molar-refractivity contribution in [3.8, 4) is 0 Å². The average molecular weight is 498 g/mol. The first kappa shape index (κ1) is 29.3. The number of aryl methyl sites for hydroxylation is 1. The minimum atomic E-state index is -0.926. The average Bonchev–Trinajstić information content (AvgIpc) is 3.05. The molecule has 0 aliphatic carbocycles. The van der Waals surface area contributed by atoms with Gasteiger partial charge in [0.2, 0.25) is 0 Å². The van der Waals surface area contributed by atoms with Crippen LogP contribution < -0.4 is 0 Å². The molecule has 2 N–H and O–H groups in total. The Balaban J connectivity index is 2.08. The highest BCUT2D eigenvalue weighted by Crippen LogP contribution is 2.27. The van der Waals surface area contributed by atoms with Gasteiger partial charge in [-0.2, -0.15) is 0 Å². The number of nitrogens with zero attached hydrogens (tertiary/aromatic N) is 1. The maximum atomic E-state index is 13.2. The van der Waals surface area contributed by atoms with Crippen molar-refractivity contribution in [2.24, 2.45) is 0 Å². The normalized spacial score (nSPS) is 11.1. The van der Waals surface area contributed by atoms with Gasteiger partial charge in [0.1, 0.15) is 0 Å². The molecule has 0 aliphatic heterocycles. The molecule has 6 heteroatoms. The second-order valence-electron chi connectivity index (χ2n) is 9.90. The fourth-order valence-corrected chi connectivity index (χ4v) is 4.99. The summed E-state index contributed by atoms with van der Waals surface area (Å²) in [6.07, 6.45) is 11.6. The van der Waals surface area contributed by atoms with Gasteiger partial charge in [-0.15, -0.1) is 0 Å². The molecule has 6 nitrogen and oxygen atoms in total. The maximum absolute atomic E-state index is 13.2. The standard InChI is InChI=1S/C30H43NO5/c1-4-5-6-7-8-9-10-11-12-16-27(32)30-22(2)26(20-29(35)36)31(23(30)3)21-25-15-13-14-24(19-25)17-18-28(33)34/h13-15,19H,4-12,16-18,20-21H2,1-3H3,(H,33,34)(H,35,36). The molecule has 36 heavy (non-hydrogen) atoms. The van der Waals surface area contributed by atoms with Crippen LogP contribution in [0.5, 0.6) is 0 Å². The lowest BCUT2D eigenvalue weighted by Gasteiger charge is -2.13. The smallest absolute Gasteiger partial charge is 0.309 e. The summed E-state index contributed by atoms with van der Waals surface area (Å²) in [4.78, 5) is 35.7. The highest BCUT2D eigenvalue weighted by molar-refractivity contribution is 5.99. The third kappa shape index (κ3) is 9.29. The number of carbonyl (C=O) groups excluding carboxylic acids is 1. The fourth-order valence-electron chi connectivity index (χ4n) is 4.99. The van der Waals surface area contributed by atoms with Gasteiger partial charge < -0.3 is 14.8 Å². The van der Waals surface area contributed by atoms with Crippen LogP contribution in [0.15, 0.2) is 24.3 Å². The molecule has 0 atom stereocenters. The summed E-state index contributed by atoms with van der Waals surface area (Å²) < 4.78 is 1.95. The highest BCUT2D eigenvalue weighted by atomic mass is 16.4. The number of ketones is 1. The summed E-state index contributed by atoms with van der Waals surface area (Å²) in [5.74, 6) is -1.67. The van der Waals surface area contributed by atoms with Crippen LogP contribution in [-0.2, 0) is 29.0 Å². The van der Waals surface area contributed by atoms with Crippen LogP contribution in [0.1, 0.15) is 116 Å². The van der Waals surface area contributed by atoms with E-state index in [9.17, 15) is 19.5 Å². The zero-order valence-corrected chi connectivity index (χ0v) is 22.3. The van der Waals surface area contributed by atoms with E-state index in [0.717, 1.165) is 41.6 Å². The van der Waals surface area contributed by atoms with Gasteiger partial charge in [0, 0.05) is 36.3 Å². The lowest BCUT2D eigenvalue weighted by atomic mass is 9.99. The molecule has 0 bridgehead atoms. The Kier molecular flexibility index (Phi) is 12.4. The van der Waals surface area contributed by atoms with E-state index in [2.05, 4.69) is 6.92 Å². The van der Waals surface area contributed by atoms with Gasteiger partial charge in [-0.25, -0.2) is 0 Å². The van der Waals surface area contributed by atoms with Crippen LogP contribution >= 0.6 is 0 Å². The molecular weight excluding hydrogens is 454 g/mol. The van der Waals surface area contributed by atoms with Gasteiger partial charge in [-0.05, 0) is 43.4 Å². The molecule has 2 aromatic rings. The molecule has 1 aromatic heterocycles. The van der Waals surface area contributed by atoms with Crippen molar-refractivity contribution in [3.63, 3.8) is 0 Å². The minimum Gasteiger partial charge on any atom is -0.481 e. The van der Waals surface area contributed by atoms with Gasteiger partial charge in [-0.3, -0.25) is 14.4 Å². The van der Waals surface area contributed by atoms with Crippen LogP contribution in [-0.4, -0.2) is 32.5 Å². The van der Waals surface area contributed by atoms with Crippen molar-refractivity contribution in [3.05, 3.63) is 57.9 Å². The van der Waals surface area contributed by atoms with Crippen LogP contribution in [0.4, 0.5) is 0 Å². The number of unbranched alkanes of at least 4 members (excludes halogenated alkanes) is 8. The Morgan fingerprint density at radius 1 is 0.806 bits per heavy atom.